The van der Waals surface area contributed by atoms with E-state index in [1.165, 1.54) is 19.3 Å². The number of amides is 1. The fourth-order valence-corrected chi connectivity index (χ4v) is 3.42. The minimum atomic E-state index is 0. The molecule has 0 aromatic rings. The van der Waals surface area contributed by atoms with Gasteiger partial charge in [-0.2, -0.15) is 0 Å². The van der Waals surface area contributed by atoms with Crippen molar-refractivity contribution in [3.05, 3.63) is 0 Å². The van der Waals surface area contributed by atoms with Crippen LogP contribution in [-0.4, -0.2) is 36.5 Å². The molecule has 19 heavy (non-hydrogen) atoms. The lowest BCUT2D eigenvalue weighted by Crippen LogP contribution is -2.38. The Labute approximate surface area is 123 Å². The van der Waals surface area contributed by atoms with Crippen molar-refractivity contribution in [2.45, 2.75) is 52.5 Å². The number of hydrogen-bond acceptors (Lipinski definition) is 2. The van der Waals surface area contributed by atoms with E-state index in [0.29, 0.717) is 23.8 Å². The van der Waals surface area contributed by atoms with Gasteiger partial charge >= 0.3 is 0 Å². The van der Waals surface area contributed by atoms with Gasteiger partial charge in [0.2, 0.25) is 5.91 Å². The van der Waals surface area contributed by atoms with Gasteiger partial charge in [0.15, 0.2) is 0 Å². The number of hydrogen-bond donors (Lipinski definition) is 1. The highest BCUT2D eigenvalue weighted by atomic mass is 35.5. The summed E-state index contributed by atoms with van der Waals surface area (Å²) in [4.78, 5) is 14.5. The first kappa shape index (κ1) is 16.8. The number of piperidine rings is 1. The summed E-state index contributed by atoms with van der Waals surface area (Å²) in [7, 11) is 0. The molecule has 0 bridgehead atoms. The fraction of sp³-hybridized carbons (Fsp3) is 0.933. The first-order valence-electron chi connectivity index (χ1n) is 7.59. The number of nitrogens with one attached hydrogen (secondary N) is 1. The van der Waals surface area contributed by atoms with Crippen LogP contribution < -0.4 is 5.32 Å². The van der Waals surface area contributed by atoms with Crippen molar-refractivity contribution < 1.29 is 4.79 Å². The molecule has 2 aliphatic rings. The highest BCUT2D eigenvalue weighted by molar-refractivity contribution is 5.85. The molecule has 2 saturated heterocycles. The minimum absolute atomic E-state index is 0. The predicted octanol–water partition coefficient (Wildman–Crippen LogP) is 2.69. The molecule has 2 rings (SSSR count). The largest absolute Gasteiger partial charge is 0.340 e. The maximum atomic E-state index is 12.4. The van der Waals surface area contributed by atoms with E-state index in [-0.39, 0.29) is 12.4 Å². The fourth-order valence-electron chi connectivity index (χ4n) is 3.42. The third-order valence-electron chi connectivity index (χ3n) is 5.15. The number of carbonyl (C=O) groups excluding carboxylic acids is 1. The lowest BCUT2D eigenvalue weighted by atomic mass is 9.84. The quantitative estimate of drug-likeness (QED) is 0.866. The summed E-state index contributed by atoms with van der Waals surface area (Å²) in [6.45, 7) is 9.94. The van der Waals surface area contributed by atoms with Gasteiger partial charge in [0.05, 0.1) is 0 Å². The van der Waals surface area contributed by atoms with Crippen LogP contribution in [0.25, 0.3) is 0 Å². The summed E-state index contributed by atoms with van der Waals surface area (Å²) < 4.78 is 0. The lowest BCUT2D eigenvalue weighted by molar-refractivity contribution is -0.133. The van der Waals surface area contributed by atoms with Gasteiger partial charge in [0.1, 0.15) is 0 Å². The molecule has 1 N–H and O–H groups in total. The van der Waals surface area contributed by atoms with Gasteiger partial charge in [-0.05, 0) is 57.0 Å². The number of rotatable bonds is 3. The van der Waals surface area contributed by atoms with Gasteiger partial charge < -0.3 is 10.2 Å². The molecule has 2 heterocycles. The average Bonchev–Trinajstić information content (AvgIpc) is 2.71. The molecule has 4 heteroatoms. The normalized spacial score (nSPS) is 29.9. The summed E-state index contributed by atoms with van der Waals surface area (Å²) in [5.74, 6) is 2.34. The SMILES string of the molecule is CC(CC(=O)N1CCC(C)C1C)C1CCNCC1.Cl. The number of nitrogens with zero attached hydrogens (tertiary/aromatic N) is 1. The van der Waals surface area contributed by atoms with E-state index in [0.717, 1.165) is 32.0 Å². The van der Waals surface area contributed by atoms with E-state index >= 15 is 0 Å². The van der Waals surface area contributed by atoms with Crippen LogP contribution in [-0.2, 0) is 4.79 Å². The summed E-state index contributed by atoms with van der Waals surface area (Å²) in [5, 5.41) is 3.40. The van der Waals surface area contributed by atoms with Gasteiger partial charge in [-0.3, -0.25) is 4.79 Å². The zero-order chi connectivity index (χ0) is 13.1. The molecule has 3 unspecified atom stereocenters. The van der Waals surface area contributed by atoms with Crippen LogP contribution in [0.3, 0.4) is 0 Å². The van der Waals surface area contributed by atoms with Gasteiger partial charge in [0.25, 0.3) is 0 Å². The van der Waals surface area contributed by atoms with Crippen LogP contribution in [0, 0.1) is 17.8 Å². The predicted molar refractivity (Wildman–Crippen MR) is 81.6 cm³/mol. The van der Waals surface area contributed by atoms with E-state index in [2.05, 4.69) is 31.0 Å². The molecule has 0 aromatic carbocycles. The van der Waals surface area contributed by atoms with Crippen LogP contribution >= 0.6 is 12.4 Å². The molecular weight excluding hydrogens is 260 g/mol. The van der Waals surface area contributed by atoms with Gasteiger partial charge in [-0.15, -0.1) is 12.4 Å². The number of likely N-dealkylation sites (tertiary alicyclic amines) is 1. The van der Waals surface area contributed by atoms with Crippen LogP contribution in [0.2, 0.25) is 0 Å². The van der Waals surface area contributed by atoms with Crippen LogP contribution in [0.5, 0.6) is 0 Å². The lowest BCUT2D eigenvalue weighted by Gasteiger charge is -2.30. The number of halogens is 1. The van der Waals surface area contributed by atoms with Crippen molar-refractivity contribution in [3.8, 4) is 0 Å². The Bertz CT molecular complexity index is 292. The molecule has 1 amide bonds. The molecule has 0 spiro atoms. The smallest absolute Gasteiger partial charge is 0.223 e. The Kier molecular flexibility index (Phi) is 6.61. The molecule has 3 nitrogen and oxygen atoms in total. The molecule has 0 radical (unpaired) electrons. The second-order valence-electron chi connectivity index (χ2n) is 6.36. The topological polar surface area (TPSA) is 32.3 Å². The summed E-state index contributed by atoms with van der Waals surface area (Å²) >= 11 is 0. The molecule has 0 saturated carbocycles. The standard InChI is InChI=1S/C15H28N2O.ClH/c1-11-6-9-17(13(11)3)15(18)10-12(2)14-4-7-16-8-5-14;/h11-14,16H,4-10H2,1-3H3;1H. The number of carbonyl (C=O) groups is 1. The molecule has 0 aromatic heterocycles. The van der Waals surface area contributed by atoms with Crippen molar-refractivity contribution in [3.63, 3.8) is 0 Å². The van der Waals surface area contributed by atoms with Gasteiger partial charge in [-0.25, -0.2) is 0 Å². The van der Waals surface area contributed by atoms with Crippen LogP contribution in [0.1, 0.15) is 46.5 Å². The Hall–Kier alpha value is -0.280. The summed E-state index contributed by atoms with van der Waals surface area (Å²) in [6.07, 6.45) is 4.40. The third kappa shape index (κ3) is 4.09. The van der Waals surface area contributed by atoms with Crippen LogP contribution in [0.15, 0.2) is 0 Å². The van der Waals surface area contributed by atoms with E-state index in [1.54, 1.807) is 0 Å². The van der Waals surface area contributed by atoms with E-state index in [9.17, 15) is 4.79 Å². The molecule has 3 atom stereocenters. The monoisotopic (exact) mass is 288 g/mol. The molecule has 112 valence electrons. The Morgan fingerprint density at radius 3 is 2.42 bits per heavy atom. The van der Waals surface area contributed by atoms with Crippen molar-refractivity contribution in [1.82, 2.24) is 10.2 Å². The highest BCUT2D eigenvalue weighted by Gasteiger charge is 2.32. The Balaban J connectivity index is 0.00000180. The van der Waals surface area contributed by atoms with E-state index < -0.39 is 0 Å². The molecule has 0 aliphatic carbocycles. The average molecular weight is 289 g/mol. The zero-order valence-electron chi connectivity index (χ0n) is 12.5. The Morgan fingerprint density at radius 2 is 1.89 bits per heavy atom. The second kappa shape index (κ2) is 7.49. The van der Waals surface area contributed by atoms with Crippen molar-refractivity contribution in [1.29, 1.82) is 0 Å². The van der Waals surface area contributed by atoms with Crippen molar-refractivity contribution in [2.24, 2.45) is 17.8 Å². The Morgan fingerprint density at radius 1 is 1.26 bits per heavy atom. The van der Waals surface area contributed by atoms with Gasteiger partial charge in [-0.1, -0.05) is 13.8 Å². The van der Waals surface area contributed by atoms with Gasteiger partial charge in [0, 0.05) is 19.0 Å². The third-order valence-corrected chi connectivity index (χ3v) is 5.15. The maximum Gasteiger partial charge on any atom is 0.223 e. The highest BCUT2D eigenvalue weighted by Crippen LogP contribution is 2.28. The summed E-state index contributed by atoms with van der Waals surface area (Å²) in [5.41, 5.74) is 0. The second-order valence-corrected chi connectivity index (χ2v) is 6.36. The first-order chi connectivity index (χ1) is 8.59. The maximum absolute atomic E-state index is 12.4. The molecule has 2 fully saturated rings. The molecule has 2 aliphatic heterocycles. The van der Waals surface area contributed by atoms with Crippen molar-refractivity contribution in [2.75, 3.05) is 19.6 Å². The molecular formula is C15H29ClN2O. The van der Waals surface area contributed by atoms with Crippen LogP contribution in [0.4, 0.5) is 0 Å². The van der Waals surface area contributed by atoms with Crippen molar-refractivity contribution >= 4 is 18.3 Å². The minimum Gasteiger partial charge on any atom is -0.340 e. The van der Waals surface area contributed by atoms with E-state index in [1.807, 2.05) is 0 Å². The zero-order valence-corrected chi connectivity index (χ0v) is 13.3. The summed E-state index contributed by atoms with van der Waals surface area (Å²) in [6, 6.07) is 0.442. The first-order valence-corrected chi connectivity index (χ1v) is 7.59. The van der Waals surface area contributed by atoms with E-state index in [4.69, 9.17) is 0 Å².